The summed E-state index contributed by atoms with van der Waals surface area (Å²) in [6.45, 7) is 3.02. The first-order valence-corrected chi connectivity index (χ1v) is 7.98. The van der Waals surface area contributed by atoms with Crippen LogP contribution in [0.4, 0.5) is 4.39 Å². The van der Waals surface area contributed by atoms with Gasteiger partial charge in [0.1, 0.15) is 11.7 Å². The number of rotatable bonds is 3. The molecule has 0 spiro atoms. The number of amidine groups is 1. The molecule has 1 aliphatic carbocycles. The average Bonchev–Trinajstić information content (AvgIpc) is 2.49. The first kappa shape index (κ1) is 14.5. The van der Waals surface area contributed by atoms with Gasteiger partial charge in [0.2, 0.25) is 0 Å². The number of benzene rings is 1. The Balaban J connectivity index is 1.71. The molecule has 4 heteroatoms. The summed E-state index contributed by atoms with van der Waals surface area (Å²) >= 11 is 0. The summed E-state index contributed by atoms with van der Waals surface area (Å²) in [5, 5.41) is 7.63. The Hall–Kier alpha value is -1.42. The Morgan fingerprint density at radius 1 is 1.24 bits per heavy atom. The molecule has 0 radical (unpaired) electrons. The lowest BCUT2D eigenvalue weighted by Gasteiger charge is -2.41. The summed E-state index contributed by atoms with van der Waals surface area (Å²) < 4.78 is 13.3. The van der Waals surface area contributed by atoms with Gasteiger partial charge >= 0.3 is 0 Å². The van der Waals surface area contributed by atoms with E-state index in [2.05, 4.69) is 4.90 Å². The number of likely N-dealkylation sites (tertiary alicyclic amines) is 1. The maximum Gasteiger partial charge on any atom is 0.123 e. The van der Waals surface area contributed by atoms with Gasteiger partial charge in [0.25, 0.3) is 0 Å². The monoisotopic (exact) mass is 289 g/mol. The Bertz CT molecular complexity index is 529. The summed E-state index contributed by atoms with van der Waals surface area (Å²) in [5.41, 5.74) is 7.11. The lowest BCUT2D eigenvalue weighted by Crippen LogP contribution is -2.41. The van der Waals surface area contributed by atoms with Gasteiger partial charge in [0, 0.05) is 18.7 Å². The number of piperidine rings is 1. The Morgan fingerprint density at radius 3 is 2.76 bits per heavy atom. The molecule has 2 unspecified atom stereocenters. The zero-order valence-electron chi connectivity index (χ0n) is 12.4. The van der Waals surface area contributed by atoms with Gasteiger partial charge in [0.05, 0.1) is 0 Å². The summed E-state index contributed by atoms with van der Waals surface area (Å²) in [6.07, 6.45) is 6.79. The number of halogens is 1. The molecule has 3 N–H and O–H groups in total. The molecule has 1 saturated heterocycles. The topological polar surface area (TPSA) is 53.1 Å². The summed E-state index contributed by atoms with van der Waals surface area (Å²) in [7, 11) is 0. The number of nitrogens with two attached hydrogens (primary N) is 1. The Kier molecular flexibility index (Phi) is 4.24. The van der Waals surface area contributed by atoms with Crippen LogP contribution in [0.5, 0.6) is 0 Å². The first-order valence-electron chi connectivity index (χ1n) is 7.98. The molecule has 1 saturated carbocycles. The fourth-order valence-electron chi connectivity index (χ4n) is 4.00. The third-order valence-corrected chi connectivity index (χ3v) is 5.13. The van der Waals surface area contributed by atoms with Crippen LogP contribution in [0.1, 0.15) is 43.2 Å². The molecule has 0 amide bonds. The number of nitrogens with one attached hydrogen (secondary N) is 1. The highest BCUT2D eigenvalue weighted by Gasteiger charge is 2.31. The van der Waals surface area contributed by atoms with Gasteiger partial charge in [-0.05, 0) is 48.9 Å². The van der Waals surface area contributed by atoms with E-state index in [0.717, 1.165) is 37.0 Å². The van der Waals surface area contributed by atoms with Crippen molar-refractivity contribution in [3.8, 4) is 0 Å². The second-order valence-corrected chi connectivity index (χ2v) is 6.54. The van der Waals surface area contributed by atoms with Gasteiger partial charge < -0.3 is 5.73 Å². The molecule has 1 heterocycles. The second-order valence-electron chi connectivity index (χ2n) is 6.54. The Morgan fingerprint density at radius 2 is 2.00 bits per heavy atom. The molecule has 114 valence electrons. The number of hydrogen-bond donors (Lipinski definition) is 2. The molecule has 1 aromatic rings. The maximum atomic E-state index is 13.3. The maximum absolute atomic E-state index is 13.3. The van der Waals surface area contributed by atoms with Crippen molar-refractivity contribution < 1.29 is 4.39 Å². The van der Waals surface area contributed by atoms with Crippen LogP contribution in [0.3, 0.4) is 0 Å². The molecule has 2 aliphatic rings. The number of nitrogens with zero attached hydrogens (tertiary/aromatic N) is 1. The third-order valence-electron chi connectivity index (χ3n) is 5.13. The van der Waals surface area contributed by atoms with E-state index in [1.807, 2.05) is 0 Å². The van der Waals surface area contributed by atoms with Crippen LogP contribution in [0, 0.1) is 23.1 Å². The van der Waals surface area contributed by atoms with Crippen LogP contribution in [0.15, 0.2) is 18.2 Å². The molecule has 3 rings (SSSR count). The minimum Gasteiger partial charge on any atom is -0.384 e. The van der Waals surface area contributed by atoms with Crippen LogP contribution >= 0.6 is 0 Å². The average molecular weight is 289 g/mol. The molecule has 0 aromatic heterocycles. The van der Waals surface area contributed by atoms with Crippen LogP contribution < -0.4 is 5.73 Å². The molecule has 3 nitrogen and oxygen atoms in total. The minimum absolute atomic E-state index is 0.0444. The zero-order valence-corrected chi connectivity index (χ0v) is 12.4. The SMILES string of the molecule is N=C(N)c1cc(F)ccc1CN1CCC2CCCCC2C1. The molecule has 1 aliphatic heterocycles. The molecule has 21 heavy (non-hydrogen) atoms. The van der Waals surface area contributed by atoms with Crippen LogP contribution in [-0.4, -0.2) is 23.8 Å². The summed E-state index contributed by atoms with van der Waals surface area (Å²) in [4.78, 5) is 2.45. The van der Waals surface area contributed by atoms with Crippen molar-refractivity contribution in [1.29, 1.82) is 5.41 Å². The molecule has 2 atom stereocenters. The molecule has 0 bridgehead atoms. The first-order chi connectivity index (χ1) is 10.1. The van der Waals surface area contributed by atoms with Crippen LogP contribution in [0.25, 0.3) is 0 Å². The number of fused-ring (bicyclic) bond motifs is 1. The van der Waals surface area contributed by atoms with Crippen molar-refractivity contribution in [1.82, 2.24) is 4.90 Å². The van der Waals surface area contributed by atoms with Crippen molar-refractivity contribution in [2.24, 2.45) is 17.6 Å². The van der Waals surface area contributed by atoms with Crippen LogP contribution in [-0.2, 0) is 6.54 Å². The molecular weight excluding hydrogens is 265 g/mol. The largest absolute Gasteiger partial charge is 0.384 e. The van der Waals surface area contributed by atoms with Gasteiger partial charge in [-0.25, -0.2) is 4.39 Å². The fraction of sp³-hybridized carbons (Fsp3) is 0.588. The summed E-state index contributed by atoms with van der Waals surface area (Å²) in [6, 6.07) is 4.62. The normalized spacial score (nSPS) is 26.3. The Labute approximate surface area is 125 Å². The van der Waals surface area contributed by atoms with Crippen LogP contribution in [0.2, 0.25) is 0 Å². The molecular formula is C17H24FN3. The highest BCUT2D eigenvalue weighted by Crippen LogP contribution is 2.36. The minimum atomic E-state index is -0.324. The second kappa shape index (κ2) is 6.14. The van der Waals surface area contributed by atoms with Crippen molar-refractivity contribution >= 4 is 5.84 Å². The van der Waals surface area contributed by atoms with Gasteiger partial charge in [0.15, 0.2) is 0 Å². The van der Waals surface area contributed by atoms with Gasteiger partial charge in [-0.1, -0.05) is 25.3 Å². The van der Waals surface area contributed by atoms with E-state index in [0.29, 0.717) is 5.56 Å². The van der Waals surface area contributed by atoms with E-state index >= 15 is 0 Å². The van der Waals surface area contributed by atoms with E-state index in [9.17, 15) is 4.39 Å². The highest BCUT2D eigenvalue weighted by atomic mass is 19.1. The third kappa shape index (κ3) is 3.26. The lowest BCUT2D eigenvalue weighted by atomic mass is 9.75. The van der Waals surface area contributed by atoms with E-state index in [1.54, 1.807) is 6.07 Å². The van der Waals surface area contributed by atoms with E-state index in [1.165, 1.54) is 44.2 Å². The zero-order chi connectivity index (χ0) is 14.8. The van der Waals surface area contributed by atoms with Gasteiger partial charge in [-0.15, -0.1) is 0 Å². The summed E-state index contributed by atoms with van der Waals surface area (Å²) in [5.74, 6) is 1.37. The predicted molar refractivity (Wildman–Crippen MR) is 82.8 cm³/mol. The van der Waals surface area contributed by atoms with E-state index in [4.69, 9.17) is 11.1 Å². The van der Waals surface area contributed by atoms with E-state index < -0.39 is 0 Å². The molecule has 1 aromatic carbocycles. The van der Waals surface area contributed by atoms with Crippen molar-refractivity contribution in [2.45, 2.75) is 38.6 Å². The van der Waals surface area contributed by atoms with Crippen molar-refractivity contribution in [2.75, 3.05) is 13.1 Å². The predicted octanol–water partition coefficient (Wildman–Crippen LogP) is 3.12. The van der Waals surface area contributed by atoms with Gasteiger partial charge in [-0.2, -0.15) is 0 Å². The highest BCUT2D eigenvalue weighted by molar-refractivity contribution is 5.96. The van der Waals surface area contributed by atoms with Gasteiger partial charge in [-0.3, -0.25) is 10.3 Å². The molecule has 2 fully saturated rings. The van der Waals surface area contributed by atoms with E-state index in [-0.39, 0.29) is 11.7 Å². The fourth-order valence-corrected chi connectivity index (χ4v) is 4.00. The number of hydrogen-bond acceptors (Lipinski definition) is 2. The quantitative estimate of drug-likeness (QED) is 0.663. The number of nitrogen functional groups attached to an aromatic ring is 1. The van der Waals surface area contributed by atoms with Crippen molar-refractivity contribution in [3.63, 3.8) is 0 Å². The standard InChI is InChI=1S/C17H24FN3/c18-15-6-5-14(16(9-15)17(19)20)11-21-8-7-12-3-1-2-4-13(12)10-21/h5-6,9,12-13H,1-4,7-8,10-11H2,(H3,19,20). The smallest absolute Gasteiger partial charge is 0.123 e. The lowest BCUT2D eigenvalue weighted by molar-refractivity contribution is 0.0820. The van der Waals surface area contributed by atoms with Crippen molar-refractivity contribution in [3.05, 3.63) is 35.1 Å².